The summed E-state index contributed by atoms with van der Waals surface area (Å²) in [7, 11) is 0. The molecule has 0 spiro atoms. The molecule has 0 saturated heterocycles. The molecule has 0 aromatic carbocycles. The summed E-state index contributed by atoms with van der Waals surface area (Å²) in [5, 5.41) is 0. The number of aryl methyl sites for hydroxylation is 4. The van der Waals surface area contributed by atoms with Crippen LogP contribution in [0, 0.1) is 27.7 Å². The van der Waals surface area contributed by atoms with Gasteiger partial charge in [-0.2, -0.15) is 0 Å². The van der Waals surface area contributed by atoms with Crippen LogP contribution in [0.15, 0.2) is 73.3 Å². The molecule has 0 radical (unpaired) electrons. The van der Waals surface area contributed by atoms with Crippen molar-refractivity contribution in [3.05, 3.63) is 118 Å². The van der Waals surface area contributed by atoms with E-state index in [0.29, 0.717) is 0 Å². The highest BCUT2D eigenvalue weighted by Crippen LogP contribution is 2.12. The molecule has 4 rings (SSSR count). The van der Waals surface area contributed by atoms with E-state index in [1.165, 1.54) is 22.3 Å². The van der Waals surface area contributed by atoms with Gasteiger partial charge in [-0.25, -0.2) is 0 Å². The fraction of sp³-hybridized carbons (Fsp3) is 0.333. The zero-order chi connectivity index (χ0) is 25.3. The molecule has 4 heterocycles. The molecule has 36 heavy (non-hydrogen) atoms. The quantitative estimate of drug-likeness (QED) is 0.294. The molecule has 4 aromatic rings. The molecule has 0 amide bonds. The molecule has 186 valence electrons. The zero-order valence-electron chi connectivity index (χ0n) is 21.9. The summed E-state index contributed by atoms with van der Waals surface area (Å²) in [4.78, 5) is 23.5. The number of hydrogen-bond acceptors (Lipinski definition) is 6. The monoisotopic (exact) mass is 480 g/mol. The third-order valence-corrected chi connectivity index (χ3v) is 6.17. The molecule has 0 atom stereocenters. The molecule has 6 heteroatoms. The maximum Gasteiger partial charge on any atom is 0.0544 e. The van der Waals surface area contributed by atoms with E-state index in [-0.39, 0.29) is 0 Å². The Kier molecular flexibility index (Phi) is 8.87. The summed E-state index contributed by atoms with van der Waals surface area (Å²) < 4.78 is 0. The van der Waals surface area contributed by atoms with Gasteiger partial charge in [-0.05, 0) is 74.2 Å². The molecule has 0 aliphatic rings. The first-order valence-corrected chi connectivity index (χ1v) is 12.5. The maximum absolute atomic E-state index is 4.66. The fourth-order valence-corrected chi connectivity index (χ4v) is 4.00. The average molecular weight is 481 g/mol. The van der Waals surface area contributed by atoms with Crippen LogP contribution in [0.4, 0.5) is 0 Å². The van der Waals surface area contributed by atoms with Gasteiger partial charge in [-0.3, -0.25) is 29.7 Å². The van der Waals surface area contributed by atoms with Crippen LogP contribution in [-0.2, 0) is 26.2 Å². The largest absolute Gasteiger partial charge is 0.290 e. The van der Waals surface area contributed by atoms with E-state index in [1.54, 1.807) is 0 Å². The van der Waals surface area contributed by atoms with Gasteiger partial charge in [0.25, 0.3) is 0 Å². The highest BCUT2D eigenvalue weighted by Gasteiger charge is 2.14. The van der Waals surface area contributed by atoms with Gasteiger partial charge in [-0.15, -0.1) is 0 Å². The second-order valence-electron chi connectivity index (χ2n) is 9.73. The van der Waals surface area contributed by atoms with E-state index in [4.69, 9.17) is 0 Å². The van der Waals surface area contributed by atoms with E-state index in [2.05, 4.69) is 106 Å². The second kappa shape index (κ2) is 12.5. The number of aromatic nitrogens is 4. The lowest BCUT2D eigenvalue weighted by molar-refractivity contribution is 0.178. The molecule has 0 fully saturated rings. The van der Waals surface area contributed by atoms with Crippen molar-refractivity contribution in [3.8, 4) is 0 Å². The van der Waals surface area contributed by atoms with Crippen molar-refractivity contribution in [2.75, 3.05) is 13.1 Å². The Hall–Kier alpha value is -3.48. The third-order valence-electron chi connectivity index (χ3n) is 6.17. The summed E-state index contributed by atoms with van der Waals surface area (Å²) in [5.41, 5.74) is 8.97. The molecule has 4 aromatic heterocycles. The van der Waals surface area contributed by atoms with Gasteiger partial charge in [0.1, 0.15) is 0 Å². The van der Waals surface area contributed by atoms with Crippen LogP contribution in [0.3, 0.4) is 0 Å². The van der Waals surface area contributed by atoms with E-state index in [1.807, 2.05) is 24.8 Å². The van der Waals surface area contributed by atoms with E-state index < -0.39 is 0 Å². The number of pyridine rings is 4. The van der Waals surface area contributed by atoms with Crippen molar-refractivity contribution in [1.29, 1.82) is 0 Å². The summed E-state index contributed by atoms with van der Waals surface area (Å²) in [6, 6.07) is 17.0. The fourth-order valence-electron chi connectivity index (χ4n) is 4.00. The minimum atomic E-state index is 0.773. The van der Waals surface area contributed by atoms with E-state index in [0.717, 1.165) is 62.0 Å². The number of nitrogens with zero attached hydrogens (tertiary/aromatic N) is 6. The van der Waals surface area contributed by atoms with Gasteiger partial charge in [0, 0.05) is 64.1 Å². The van der Waals surface area contributed by atoms with Gasteiger partial charge in [0.15, 0.2) is 0 Å². The number of hydrogen-bond donors (Lipinski definition) is 0. The lowest BCUT2D eigenvalue weighted by atomic mass is 10.2. The summed E-state index contributed by atoms with van der Waals surface area (Å²) in [6.45, 7) is 13.1. The molecule has 6 nitrogen and oxygen atoms in total. The molecular formula is C30H36N6. The van der Waals surface area contributed by atoms with Crippen molar-refractivity contribution in [2.45, 2.75) is 53.9 Å². The third kappa shape index (κ3) is 8.04. The van der Waals surface area contributed by atoms with Gasteiger partial charge >= 0.3 is 0 Å². The normalized spacial score (nSPS) is 11.4. The van der Waals surface area contributed by atoms with Crippen molar-refractivity contribution in [3.63, 3.8) is 0 Å². The highest BCUT2D eigenvalue weighted by molar-refractivity contribution is 5.16. The first kappa shape index (κ1) is 25.6. The topological polar surface area (TPSA) is 58.0 Å². The minimum absolute atomic E-state index is 0.773. The molecule has 0 unspecified atom stereocenters. The van der Waals surface area contributed by atoms with Crippen molar-refractivity contribution < 1.29 is 0 Å². The molecule has 0 saturated carbocycles. The van der Waals surface area contributed by atoms with Crippen LogP contribution >= 0.6 is 0 Å². The van der Waals surface area contributed by atoms with Crippen LogP contribution in [-0.4, -0.2) is 42.8 Å². The lowest BCUT2D eigenvalue weighted by Gasteiger charge is -2.27. The second-order valence-corrected chi connectivity index (χ2v) is 9.73. The average Bonchev–Trinajstić information content (AvgIpc) is 2.88. The molecule has 0 bridgehead atoms. The van der Waals surface area contributed by atoms with Gasteiger partial charge < -0.3 is 0 Å². The smallest absolute Gasteiger partial charge is 0.0544 e. The summed E-state index contributed by atoms with van der Waals surface area (Å²) in [5.74, 6) is 0. The Morgan fingerprint density at radius 3 is 0.861 bits per heavy atom. The van der Waals surface area contributed by atoms with Crippen LogP contribution in [0.5, 0.6) is 0 Å². The Morgan fingerprint density at radius 1 is 0.417 bits per heavy atom. The summed E-state index contributed by atoms with van der Waals surface area (Å²) >= 11 is 0. The predicted octanol–water partition coefficient (Wildman–Crippen LogP) is 5.20. The van der Waals surface area contributed by atoms with Crippen LogP contribution < -0.4 is 0 Å². The summed E-state index contributed by atoms with van der Waals surface area (Å²) in [6.07, 6.45) is 7.76. The predicted molar refractivity (Wildman–Crippen MR) is 144 cm³/mol. The Bertz CT molecular complexity index is 1010. The Labute approximate surface area is 215 Å². The Morgan fingerprint density at radius 2 is 0.667 bits per heavy atom. The molecule has 0 aliphatic carbocycles. The van der Waals surface area contributed by atoms with E-state index in [9.17, 15) is 0 Å². The molecular weight excluding hydrogens is 444 g/mol. The minimum Gasteiger partial charge on any atom is -0.290 e. The Balaban J connectivity index is 1.50. The zero-order valence-corrected chi connectivity index (χ0v) is 21.9. The van der Waals surface area contributed by atoms with Crippen molar-refractivity contribution >= 4 is 0 Å². The first-order chi connectivity index (χ1) is 17.4. The lowest BCUT2D eigenvalue weighted by Crippen LogP contribution is -2.35. The highest BCUT2D eigenvalue weighted by atomic mass is 15.2. The maximum atomic E-state index is 4.66. The first-order valence-electron chi connectivity index (χ1n) is 12.5. The standard InChI is InChI=1S/C30H36N6/c1-23-5-9-27(31-15-23)19-35(20-28-10-6-24(2)16-32-28)13-14-36(21-29-11-7-25(3)17-33-29)22-30-12-8-26(4)18-34-30/h5-12,15-18H,13-14,19-22H2,1-4H3. The van der Waals surface area contributed by atoms with Gasteiger partial charge in [-0.1, -0.05) is 24.3 Å². The molecule has 0 N–H and O–H groups in total. The van der Waals surface area contributed by atoms with Crippen LogP contribution in [0.25, 0.3) is 0 Å². The SMILES string of the molecule is Cc1ccc(CN(CCN(Cc2ccc(C)cn2)Cc2ccc(C)cn2)Cc2ccc(C)cn2)nc1. The molecule has 0 aliphatic heterocycles. The van der Waals surface area contributed by atoms with Crippen molar-refractivity contribution in [1.82, 2.24) is 29.7 Å². The van der Waals surface area contributed by atoms with Crippen molar-refractivity contribution in [2.24, 2.45) is 0 Å². The van der Waals surface area contributed by atoms with E-state index >= 15 is 0 Å². The van der Waals surface area contributed by atoms with Gasteiger partial charge in [0.05, 0.1) is 22.8 Å². The number of rotatable bonds is 11. The van der Waals surface area contributed by atoms with Gasteiger partial charge in [0.2, 0.25) is 0 Å². The van der Waals surface area contributed by atoms with Crippen LogP contribution in [0.2, 0.25) is 0 Å². The van der Waals surface area contributed by atoms with Crippen LogP contribution in [0.1, 0.15) is 45.0 Å².